The Morgan fingerprint density at radius 1 is 1.26 bits per heavy atom. The van der Waals surface area contributed by atoms with Crippen molar-refractivity contribution in [2.45, 2.75) is 27.2 Å². The minimum absolute atomic E-state index is 0.182. The number of aryl methyl sites for hydroxylation is 1. The normalized spacial score (nSPS) is 10.4. The van der Waals surface area contributed by atoms with Crippen LogP contribution in [-0.4, -0.2) is 18.4 Å². The first-order valence-electron chi connectivity index (χ1n) is 6.21. The third-order valence-corrected chi connectivity index (χ3v) is 2.89. The minimum atomic E-state index is -0.346. The van der Waals surface area contributed by atoms with Crippen molar-refractivity contribution in [1.29, 1.82) is 0 Å². The predicted octanol–water partition coefficient (Wildman–Crippen LogP) is 2.75. The number of carbonyl (C=O) groups is 2. The van der Waals surface area contributed by atoms with Crippen LogP contribution in [0.25, 0.3) is 0 Å². The number of rotatable bonds is 5. The van der Waals surface area contributed by atoms with Crippen LogP contribution in [0.4, 0.5) is 5.69 Å². The molecule has 0 aromatic heterocycles. The molecule has 0 unspecified atom stereocenters. The fraction of sp³-hybridized carbons (Fsp3) is 0.429. The Morgan fingerprint density at radius 2 is 1.95 bits per heavy atom. The highest BCUT2D eigenvalue weighted by Gasteiger charge is 2.10. The summed E-state index contributed by atoms with van der Waals surface area (Å²) in [5.41, 5.74) is 1.53. The molecular weight excluding hydrogens is 264 g/mol. The molecule has 1 aromatic rings. The Bertz CT molecular complexity index is 473. The lowest BCUT2D eigenvalue weighted by Crippen LogP contribution is -2.30. The van der Waals surface area contributed by atoms with E-state index < -0.39 is 0 Å². The Kier molecular flexibility index (Phi) is 5.83. The second-order valence-corrected chi connectivity index (χ2v) is 5.29. The zero-order valence-corrected chi connectivity index (χ0v) is 12.2. The van der Waals surface area contributed by atoms with E-state index in [1.807, 2.05) is 26.8 Å². The number of halogens is 1. The van der Waals surface area contributed by atoms with E-state index in [-0.39, 0.29) is 18.2 Å². The Hall–Kier alpha value is -1.55. The summed E-state index contributed by atoms with van der Waals surface area (Å²) in [4.78, 5) is 23.1. The van der Waals surface area contributed by atoms with Gasteiger partial charge in [0.05, 0.1) is 0 Å². The molecule has 2 N–H and O–H groups in total. The number of anilines is 1. The number of hydrogen-bond acceptors (Lipinski definition) is 2. The van der Waals surface area contributed by atoms with Gasteiger partial charge in [-0.25, -0.2) is 0 Å². The summed E-state index contributed by atoms with van der Waals surface area (Å²) < 4.78 is 0. The van der Waals surface area contributed by atoms with E-state index in [2.05, 4.69) is 10.6 Å². The van der Waals surface area contributed by atoms with Crippen molar-refractivity contribution in [2.75, 3.05) is 11.9 Å². The molecule has 19 heavy (non-hydrogen) atoms. The number of amides is 2. The highest BCUT2D eigenvalue weighted by atomic mass is 35.5. The van der Waals surface area contributed by atoms with Crippen LogP contribution in [0.3, 0.4) is 0 Å². The minimum Gasteiger partial charge on any atom is -0.355 e. The van der Waals surface area contributed by atoms with Gasteiger partial charge in [0.25, 0.3) is 0 Å². The van der Waals surface area contributed by atoms with Gasteiger partial charge in [-0.3, -0.25) is 9.59 Å². The number of hydrogen-bond donors (Lipinski definition) is 2. The lowest BCUT2D eigenvalue weighted by Gasteiger charge is -2.09. The summed E-state index contributed by atoms with van der Waals surface area (Å²) in [7, 11) is 0. The zero-order chi connectivity index (χ0) is 14.4. The molecule has 0 saturated heterocycles. The third-order valence-electron chi connectivity index (χ3n) is 2.48. The first-order chi connectivity index (χ1) is 8.88. The maximum atomic E-state index is 11.6. The highest BCUT2D eigenvalue weighted by Crippen LogP contribution is 2.19. The summed E-state index contributed by atoms with van der Waals surface area (Å²) in [6, 6.07) is 5.24. The Balaban J connectivity index is 2.46. The average Bonchev–Trinajstić information content (AvgIpc) is 2.31. The Morgan fingerprint density at radius 3 is 2.53 bits per heavy atom. The smallest absolute Gasteiger partial charge is 0.233 e. The van der Waals surface area contributed by atoms with E-state index in [1.54, 1.807) is 12.1 Å². The van der Waals surface area contributed by atoms with Crippen LogP contribution in [0.1, 0.15) is 25.8 Å². The van der Waals surface area contributed by atoms with Gasteiger partial charge in [-0.15, -0.1) is 0 Å². The Labute approximate surface area is 118 Å². The van der Waals surface area contributed by atoms with E-state index in [1.165, 1.54) is 0 Å². The van der Waals surface area contributed by atoms with Crippen LogP contribution in [0.5, 0.6) is 0 Å². The number of benzene rings is 1. The maximum absolute atomic E-state index is 11.6. The first kappa shape index (κ1) is 15.5. The quantitative estimate of drug-likeness (QED) is 0.816. The van der Waals surface area contributed by atoms with E-state index in [4.69, 9.17) is 11.6 Å². The van der Waals surface area contributed by atoms with Gasteiger partial charge in [-0.2, -0.15) is 0 Å². The molecule has 0 aliphatic rings. The lowest BCUT2D eigenvalue weighted by atomic mass is 10.2. The van der Waals surface area contributed by atoms with E-state index in [0.29, 0.717) is 23.2 Å². The second kappa shape index (κ2) is 7.14. The standard InChI is InChI=1S/C14H19ClN2O2/c1-9(2)8-16-13(18)7-14(19)17-11-5-4-10(3)12(15)6-11/h4-6,9H,7-8H2,1-3H3,(H,16,18)(H,17,19). The molecule has 0 bridgehead atoms. The molecule has 0 aliphatic carbocycles. The predicted molar refractivity (Wildman–Crippen MR) is 77.3 cm³/mol. The number of nitrogens with one attached hydrogen (secondary N) is 2. The van der Waals surface area contributed by atoms with Gasteiger partial charge in [0.15, 0.2) is 0 Å². The topological polar surface area (TPSA) is 58.2 Å². The van der Waals surface area contributed by atoms with Crippen LogP contribution in [0, 0.1) is 12.8 Å². The van der Waals surface area contributed by atoms with Crippen molar-refractivity contribution in [3.05, 3.63) is 28.8 Å². The monoisotopic (exact) mass is 282 g/mol. The molecular formula is C14H19ClN2O2. The van der Waals surface area contributed by atoms with Gasteiger partial charge in [0, 0.05) is 17.3 Å². The van der Waals surface area contributed by atoms with Crippen molar-refractivity contribution in [3.63, 3.8) is 0 Å². The third kappa shape index (κ3) is 5.75. The molecule has 0 atom stereocenters. The summed E-state index contributed by atoms with van der Waals surface area (Å²) in [5.74, 6) is -0.256. The summed E-state index contributed by atoms with van der Waals surface area (Å²) in [5, 5.41) is 5.92. The van der Waals surface area contributed by atoms with E-state index >= 15 is 0 Å². The van der Waals surface area contributed by atoms with Gasteiger partial charge in [0.1, 0.15) is 6.42 Å². The van der Waals surface area contributed by atoms with E-state index in [9.17, 15) is 9.59 Å². The van der Waals surface area contributed by atoms with Gasteiger partial charge in [-0.1, -0.05) is 31.5 Å². The maximum Gasteiger partial charge on any atom is 0.233 e. The van der Waals surface area contributed by atoms with E-state index in [0.717, 1.165) is 5.56 Å². The summed E-state index contributed by atoms with van der Waals surface area (Å²) in [6.07, 6.45) is -0.182. The second-order valence-electron chi connectivity index (χ2n) is 4.89. The van der Waals surface area contributed by atoms with Gasteiger partial charge >= 0.3 is 0 Å². The van der Waals surface area contributed by atoms with Gasteiger partial charge in [-0.05, 0) is 30.5 Å². The molecule has 0 fully saturated rings. The molecule has 1 rings (SSSR count). The molecule has 0 radical (unpaired) electrons. The SMILES string of the molecule is Cc1ccc(NC(=O)CC(=O)NCC(C)C)cc1Cl. The van der Waals surface area contributed by atoms with Crippen LogP contribution in [-0.2, 0) is 9.59 Å². The van der Waals surface area contributed by atoms with Gasteiger partial charge < -0.3 is 10.6 Å². The molecule has 4 nitrogen and oxygen atoms in total. The zero-order valence-electron chi connectivity index (χ0n) is 11.4. The fourth-order valence-electron chi connectivity index (χ4n) is 1.40. The number of carbonyl (C=O) groups excluding carboxylic acids is 2. The van der Waals surface area contributed by atoms with Crippen LogP contribution < -0.4 is 10.6 Å². The van der Waals surface area contributed by atoms with Crippen molar-refractivity contribution in [3.8, 4) is 0 Å². The molecule has 0 spiro atoms. The van der Waals surface area contributed by atoms with Gasteiger partial charge in [0.2, 0.25) is 11.8 Å². The average molecular weight is 283 g/mol. The molecule has 0 heterocycles. The highest BCUT2D eigenvalue weighted by molar-refractivity contribution is 6.31. The molecule has 104 valence electrons. The first-order valence-corrected chi connectivity index (χ1v) is 6.59. The van der Waals surface area contributed by atoms with Crippen molar-refractivity contribution >= 4 is 29.1 Å². The molecule has 5 heteroatoms. The fourth-order valence-corrected chi connectivity index (χ4v) is 1.58. The van der Waals surface area contributed by atoms with Crippen LogP contribution >= 0.6 is 11.6 Å². The largest absolute Gasteiger partial charge is 0.355 e. The molecule has 1 aromatic carbocycles. The summed E-state index contributed by atoms with van der Waals surface area (Å²) >= 11 is 5.96. The summed E-state index contributed by atoms with van der Waals surface area (Å²) in [6.45, 7) is 6.44. The molecule has 0 saturated carbocycles. The molecule has 0 aliphatic heterocycles. The van der Waals surface area contributed by atoms with Crippen LogP contribution in [0.15, 0.2) is 18.2 Å². The van der Waals surface area contributed by atoms with Crippen molar-refractivity contribution < 1.29 is 9.59 Å². The van der Waals surface area contributed by atoms with Crippen molar-refractivity contribution in [2.24, 2.45) is 5.92 Å². The lowest BCUT2D eigenvalue weighted by molar-refractivity contribution is -0.126. The van der Waals surface area contributed by atoms with Crippen molar-refractivity contribution in [1.82, 2.24) is 5.32 Å². The molecule has 2 amide bonds. The van der Waals surface area contributed by atoms with Crippen LogP contribution in [0.2, 0.25) is 5.02 Å².